The summed E-state index contributed by atoms with van der Waals surface area (Å²) < 4.78 is 19.1. The molecule has 1 aromatic carbocycles. The summed E-state index contributed by atoms with van der Waals surface area (Å²) in [7, 11) is 0. The van der Waals surface area contributed by atoms with Gasteiger partial charge in [-0.2, -0.15) is 0 Å². The first kappa shape index (κ1) is 13.4. The zero-order chi connectivity index (χ0) is 14.7. The number of hydrogen-bond acceptors (Lipinski definition) is 3. The van der Waals surface area contributed by atoms with Crippen LogP contribution in [0.5, 0.6) is 5.75 Å². The van der Waals surface area contributed by atoms with E-state index in [0.717, 1.165) is 0 Å². The largest absolute Gasteiger partial charge is 0.485 e. The van der Waals surface area contributed by atoms with Crippen LogP contribution in [0.25, 0.3) is 0 Å². The SMILES string of the molecule is O=C(Nc1ccccc1F)N1CC(Oc2cccnc2)C1. The Labute approximate surface area is 121 Å². The first-order valence-corrected chi connectivity index (χ1v) is 6.59. The summed E-state index contributed by atoms with van der Waals surface area (Å²) in [6, 6.07) is 9.35. The van der Waals surface area contributed by atoms with Crippen molar-refractivity contribution in [1.29, 1.82) is 0 Å². The van der Waals surface area contributed by atoms with Crippen LogP contribution in [0, 0.1) is 5.82 Å². The molecule has 5 nitrogen and oxygen atoms in total. The van der Waals surface area contributed by atoms with Gasteiger partial charge in [-0.3, -0.25) is 4.98 Å². The van der Waals surface area contributed by atoms with Gasteiger partial charge in [0.1, 0.15) is 17.7 Å². The summed E-state index contributed by atoms with van der Waals surface area (Å²) in [5.41, 5.74) is 0.180. The summed E-state index contributed by atoms with van der Waals surface area (Å²) in [5, 5.41) is 2.54. The van der Waals surface area contributed by atoms with E-state index in [2.05, 4.69) is 10.3 Å². The quantitative estimate of drug-likeness (QED) is 0.943. The van der Waals surface area contributed by atoms with Gasteiger partial charge in [-0.15, -0.1) is 0 Å². The van der Waals surface area contributed by atoms with Gasteiger partial charge in [0, 0.05) is 6.20 Å². The number of rotatable bonds is 3. The lowest BCUT2D eigenvalue weighted by Gasteiger charge is -2.38. The molecule has 0 bridgehead atoms. The van der Waals surface area contributed by atoms with Crippen molar-refractivity contribution in [3.05, 3.63) is 54.6 Å². The molecule has 1 fully saturated rings. The van der Waals surface area contributed by atoms with E-state index in [1.54, 1.807) is 35.5 Å². The number of pyridine rings is 1. The molecule has 0 saturated carbocycles. The zero-order valence-electron chi connectivity index (χ0n) is 11.2. The van der Waals surface area contributed by atoms with E-state index < -0.39 is 5.82 Å². The van der Waals surface area contributed by atoms with E-state index in [4.69, 9.17) is 4.74 Å². The Bertz CT molecular complexity index is 630. The molecular weight excluding hydrogens is 273 g/mol. The van der Waals surface area contributed by atoms with E-state index in [1.165, 1.54) is 12.1 Å². The third kappa shape index (κ3) is 3.10. The molecule has 21 heavy (non-hydrogen) atoms. The molecule has 2 amide bonds. The van der Waals surface area contributed by atoms with Crippen LogP contribution < -0.4 is 10.1 Å². The number of carbonyl (C=O) groups excluding carboxylic acids is 1. The topological polar surface area (TPSA) is 54.5 Å². The van der Waals surface area contributed by atoms with Crippen molar-refractivity contribution in [1.82, 2.24) is 9.88 Å². The average Bonchev–Trinajstić information content (AvgIpc) is 2.46. The number of benzene rings is 1. The first-order chi connectivity index (χ1) is 10.2. The van der Waals surface area contributed by atoms with E-state index >= 15 is 0 Å². The second-order valence-electron chi connectivity index (χ2n) is 4.74. The minimum Gasteiger partial charge on any atom is -0.485 e. The fourth-order valence-corrected chi connectivity index (χ4v) is 2.04. The van der Waals surface area contributed by atoms with Crippen molar-refractivity contribution in [3.63, 3.8) is 0 Å². The number of halogens is 1. The highest BCUT2D eigenvalue weighted by Crippen LogP contribution is 2.19. The number of urea groups is 1. The molecule has 2 heterocycles. The maximum absolute atomic E-state index is 13.4. The third-order valence-corrected chi connectivity index (χ3v) is 3.19. The summed E-state index contributed by atoms with van der Waals surface area (Å²) in [6.07, 6.45) is 3.24. The lowest BCUT2D eigenvalue weighted by molar-refractivity contribution is 0.0490. The lowest BCUT2D eigenvalue weighted by atomic mass is 10.2. The number of aromatic nitrogens is 1. The molecule has 0 atom stereocenters. The number of hydrogen-bond donors (Lipinski definition) is 1. The van der Waals surface area contributed by atoms with E-state index in [1.807, 2.05) is 6.07 Å². The highest BCUT2D eigenvalue weighted by atomic mass is 19.1. The van der Waals surface area contributed by atoms with Crippen LogP contribution in [-0.2, 0) is 0 Å². The van der Waals surface area contributed by atoms with E-state index in [0.29, 0.717) is 18.8 Å². The minimum absolute atomic E-state index is 0.0550. The van der Waals surface area contributed by atoms with Gasteiger partial charge in [-0.1, -0.05) is 12.1 Å². The Hall–Kier alpha value is -2.63. The summed E-state index contributed by atoms with van der Waals surface area (Å²) in [5.74, 6) is 0.228. The third-order valence-electron chi connectivity index (χ3n) is 3.19. The standard InChI is InChI=1S/C15H14FN3O2/c16-13-5-1-2-6-14(13)18-15(20)19-9-12(10-19)21-11-4-3-7-17-8-11/h1-8,12H,9-10H2,(H,18,20). The predicted octanol–water partition coefficient (Wildman–Crippen LogP) is 2.52. The summed E-state index contributed by atoms with van der Waals surface area (Å²) in [6.45, 7) is 0.935. The Morgan fingerprint density at radius 1 is 1.29 bits per heavy atom. The van der Waals surface area contributed by atoms with Crippen LogP contribution >= 0.6 is 0 Å². The number of ether oxygens (including phenoxy) is 1. The molecule has 0 radical (unpaired) electrons. The van der Waals surface area contributed by atoms with E-state index in [-0.39, 0.29) is 17.8 Å². The predicted molar refractivity (Wildman–Crippen MR) is 75.6 cm³/mol. The second kappa shape index (κ2) is 5.78. The number of anilines is 1. The molecule has 1 aliphatic heterocycles. The Balaban J connectivity index is 1.50. The lowest BCUT2D eigenvalue weighted by Crippen LogP contribution is -2.57. The van der Waals surface area contributed by atoms with Gasteiger partial charge < -0.3 is 15.0 Å². The van der Waals surface area contributed by atoms with Crippen LogP contribution in [-0.4, -0.2) is 35.1 Å². The van der Waals surface area contributed by atoms with E-state index in [9.17, 15) is 9.18 Å². The number of amides is 2. The zero-order valence-corrected chi connectivity index (χ0v) is 11.2. The van der Waals surface area contributed by atoms with Gasteiger partial charge in [-0.25, -0.2) is 9.18 Å². The van der Waals surface area contributed by atoms with Crippen LogP contribution in [0.2, 0.25) is 0 Å². The summed E-state index contributed by atoms with van der Waals surface area (Å²) in [4.78, 5) is 17.4. The molecule has 1 saturated heterocycles. The fraction of sp³-hybridized carbons (Fsp3) is 0.200. The van der Waals surface area contributed by atoms with Crippen molar-refractivity contribution < 1.29 is 13.9 Å². The van der Waals surface area contributed by atoms with Gasteiger partial charge in [0.2, 0.25) is 0 Å². The smallest absolute Gasteiger partial charge is 0.322 e. The molecule has 1 aromatic heterocycles. The fourth-order valence-electron chi connectivity index (χ4n) is 2.04. The molecule has 1 N–H and O–H groups in total. The number of nitrogens with one attached hydrogen (secondary N) is 1. The van der Waals surface area contributed by atoms with Gasteiger partial charge in [0.05, 0.1) is 25.0 Å². The molecule has 0 unspecified atom stereocenters. The molecule has 3 rings (SSSR count). The average molecular weight is 287 g/mol. The van der Waals surface area contributed by atoms with Crippen LogP contribution in [0.1, 0.15) is 0 Å². The first-order valence-electron chi connectivity index (χ1n) is 6.59. The van der Waals surface area contributed by atoms with Crippen LogP contribution in [0.4, 0.5) is 14.9 Å². The number of para-hydroxylation sites is 1. The van der Waals surface area contributed by atoms with Crippen molar-refractivity contribution in [3.8, 4) is 5.75 Å². The number of carbonyl (C=O) groups is 1. The van der Waals surface area contributed by atoms with Crippen molar-refractivity contribution in [2.45, 2.75) is 6.10 Å². The Morgan fingerprint density at radius 3 is 2.81 bits per heavy atom. The maximum atomic E-state index is 13.4. The highest BCUT2D eigenvalue weighted by Gasteiger charge is 2.32. The van der Waals surface area contributed by atoms with Gasteiger partial charge in [0.15, 0.2) is 0 Å². The molecule has 0 spiro atoms. The molecule has 2 aromatic rings. The number of nitrogens with zero attached hydrogens (tertiary/aromatic N) is 2. The normalized spacial score (nSPS) is 14.4. The van der Waals surface area contributed by atoms with Crippen molar-refractivity contribution >= 4 is 11.7 Å². The van der Waals surface area contributed by atoms with Gasteiger partial charge >= 0.3 is 6.03 Å². The molecule has 6 heteroatoms. The van der Waals surface area contributed by atoms with Crippen LogP contribution in [0.3, 0.4) is 0 Å². The van der Waals surface area contributed by atoms with Crippen LogP contribution in [0.15, 0.2) is 48.8 Å². The minimum atomic E-state index is -0.450. The Kier molecular flexibility index (Phi) is 3.68. The van der Waals surface area contributed by atoms with Gasteiger partial charge in [0.25, 0.3) is 0 Å². The number of likely N-dealkylation sites (tertiary alicyclic amines) is 1. The van der Waals surface area contributed by atoms with Gasteiger partial charge in [-0.05, 0) is 24.3 Å². The molecule has 1 aliphatic rings. The monoisotopic (exact) mass is 287 g/mol. The molecular formula is C15H14FN3O2. The summed E-state index contributed by atoms with van der Waals surface area (Å²) >= 11 is 0. The molecule has 0 aliphatic carbocycles. The molecule has 108 valence electrons. The highest BCUT2D eigenvalue weighted by molar-refractivity contribution is 5.90. The second-order valence-corrected chi connectivity index (χ2v) is 4.74. The van der Waals surface area contributed by atoms with Crippen molar-refractivity contribution in [2.75, 3.05) is 18.4 Å². The maximum Gasteiger partial charge on any atom is 0.322 e. The Morgan fingerprint density at radius 2 is 2.10 bits per heavy atom. The van der Waals surface area contributed by atoms with Crippen molar-refractivity contribution in [2.24, 2.45) is 0 Å².